The van der Waals surface area contributed by atoms with Crippen LogP contribution in [-0.2, 0) is 28.7 Å². The molecule has 9 heteroatoms. The molecule has 0 aromatic carbocycles. The van der Waals surface area contributed by atoms with E-state index in [-0.39, 0.29) is 25.9 Å². The molecule has 24 heavy (non-hydrogen) atoms. The van der Waals surface area contributed by atoms with Gasteiger partial charge in [0.25, 0.3) is 12.3 Å². The van der Waals surface area contributed by atoms with Crippen LogP contribution in [0.25, 0.3) is 0 Å². The first-order valence-electron chi connectivity index (χ1n) is 7.95. The topological polar surface area (TPSA) is 94.2 Å². The van der Waals surface area contributed by atoms with Crippen molar-refractivity contribution in [2.75, 3.05) is 33.0 Å². The molecule has 0 aromatic rings. The van der Waals surface area contributed by atoms with Crippen molar-refractivity contribution in [1.29, 1.82) is 0 Å². The quantitative estimate of drug-likeness (QED) is 0.224. The Morgan fingerprint density at radius 3 is 2.33 bits per heavy atom. The first-order valence-corrected chi connectivity index (χ1v) is 8.36. The lowest BCUT2D eigenvalue weighted by atomic mass is 10.3. The van der Waals surface area contributed by atoms with Crippen LogP contribution in [0.5, 0.6) is 0 Å². The van der Waals surface area contributed by atoms with E-state index in [1.54, 1.807) is 6.92 Å². The van der Waals surface area contributed by atoms with Gasteiger partial charge in [0.05, 0.1) is 37.8 Å². The standard InChI is InChI=1S/C15H26N2O6S/c1-3-5-14(19)17(12-18)23-15(20)6-8-21-10-11-22-9-7-16-13(24)4-2/h12H,3-11H2,1-2H3,(H,16,24). The van der Waals surface area contributed by atoms with E-state index in [9.17, 15) is 14.4 Å². The van der Waals surface area contributed by atoms with Gasteiger partial charge in [0, 0.05) is 13.0 Å². The molecule has 0 saturated heterocycles. The lowest BCUT2D eigenvalue weighted by molar-refractivity contribution is -0.197. The van der Waals surface area contributed by atoms with Crippen molar-refractivity contribution in [2.45, 2.75) is 39.5 Å². The fourth-order valence-corrected chi connectivity index (χ4v) is 1.58. The van der Waals surface area contributed by atoms with Gasteiger partial charge in [-0.1, -0.05) is 26.1 Å². The maximum atomic E-state index is 11.5. The first-order chi connectivity index (χ1) is 11.5. The lowest BCUT2D eigenvalue weighted by Crippen LogP contribution is -2.32. The molecule has 0 aliphatic carbocycles. The van der Waals surface area contributed by atoms with Crippen molar-refractivity contribution in [2.24, 2.45) is 0 Å². The molecule has 0 radical (unpaired) electrons. The van der Waals surface area contributed by atoms with Crippen LogP contribution in [0.4, 0.5) is 0 Å². The molecule has 0 atom stereocenters. The Morgan fingerprint density at radius 1 is 1.08 bits per heavy atom. The molecule has 0 heterocycles. The summed E-state index contributed by atoms with van der Waals surface area (Å²) in [6, 6.07) is 0. The summed E-state index contributed by atoms with van der Waals surface area (Å²) in [5.74, 6) is -1.25. The molecule has 0 fully saturated rings. The minimum atomic E-state index is -0.704. The van der Waals surface area contributed by atoms with Gasteiger partial charge in [-0.3, -0.25) is 9.59 Å². The lowest BCUT2D eigenvalue weighted by Gasteiger charge is -2.13. The van der Waals surface area contributed by atoms with Gasteiger partial charge in [0.15, 0.2) is 0 Å². The van der Waals surface area contributed by atoms with Gasteiger partial charge < -0.3 is 19.6 Å². The summed E-state index contributed by atoms with van der Waals surface area (Å²) >= 11 is 5.00. The van der Waals surface area contributed by atoms with Gasteiger partial charge in [-0.25, -0.2) is 4.79 Å². The largest absolute Gasteiger partial charge is 0.378 e. The van der Waals surface area contributed by atoms with Crippen LogP contribution in [0.3, 0.4) is 0 Å². The molecule has 0 saturated carbocycles. The number of hydroxylamine groups is 2. The number of imide groups is 1. The summed E-state index contributed by atoms with van der Waals surface area (Å²) in [6.07, 6.45) is 1.63. The highest BCUT2D eigenvalue weighted by molar-refractivity contribution is 7.80. The third-order valence-electron chi connectivity index (χ3n) is 2.72. The second kappa shape index (κ2) is 15.0. The zero-order valence-corrected chi connectivity index (χ0v) is 15.1. The first kappa shape index (κ1) is 22.4. The van der Waals surface area contributed by atoms with Crippen LogP contribution < -0.4 is 5.32 Å². The van der Waals surface area contributed by atoms with Gasteiger partial charge in [-0.05, 0) is 12.8 Å². The average Bonchev–Trinajstić information content (AvgIpc) is 2.57. The second-order valence-corrected chi connectivity index (χ2v) is 5.21. The molecule has 0 unspecified atom stereocenters. The monoisotopic (exact) mass is 362 g/mol. The molecule has 0 aromatic heterocycles. The summed E-state index contributed by atoms with van der Waals surface area (Å²) in [5, 5.41) is 3.45. The van der Waals surface area contributed by atoms with E-state index >= 15 is 0 Å². The third-order valence-corrected chi connectivity index (χ3v) is 3.15. The predicted molar refractivity (Wildman–Crippen MR) is 91.1 cm³/mol. The molecular formula is C15H26N2O6S. The van der Waals surface area contributed by atoms with Crippen molar-refractivity contribution in [1.82, 2.24) is 10.4 Å². The number of thiocarbonyl (C=S) groups is 1. The summed E-state index contributed by atoms with van der Waals surface area (Å²) < 4.78 is 10.5. The molecule has 138 valence electrons. The van der Waals surface area contributed by atoms with Gasteiger partial charge >= 0.3 is 5.97 Å². The predicted octanol–water partition coefficient (Wildman–Crippen LogP) is 0.980. The number of carbonyl (C=O) groups is 3. The Labute approximate surface area is 147 Å². The van der Waals surface area contributed by atoms with Gasteiger partial charge in [-0.2, -0.15) is 0 Å². The zero-order valence-electron chi connectivity index (χ0n) is 14.2. The molecule has 2 amide bonds. The molecule has 0 rings (SSSR count). The van der Waals surface area contributed by atoms with Gasteiger partial charge in [0.2, 0.25) is 0 Å². The normalized spacial score (nSPS) is 10.1. The zero-order chi connectivity index (χ0) is 18.2. The maximum absolute atomic E-state index is 11.5. The average molecular weight is 362 g/mol. The molecule has 8 nitrogen and oxygen atoms in total. The summed E-state index contributed by atoms with van der Waals surface area (Å²) in [6.45, 7) is 5.76. The fourth-order valence-electron chi connectivity index (χ4n) is 1.48. The van der Waals surface area contributed by atoms with Crippen LogP contribution in [0, 0.1) is 0 Å². The fraction of sp³-hybridized carbons (Fsp3) is 0.733. The number of hydrogen-bond donors (Lipinski definition) is 1. The molecule has 0 aliphatic rings. The van der Waals surface area contributed by atoms with Crippen LogP contribution in [0.2, 0.25) is 0 Å². The number of nitrogens with zero attached hydrogens (tertiary/aromatic N) is 1. The van der Waals surface area contributed by atoms with E-state index in [0.29, 0.717) is 37.8 Å². The van der Waals surface area contributed by atoms with E-state index in [1.165, 1.54) is 0 Å². The maximum Gasteiger partial charge on any atom is 0.335 e. The Bertz CT molecular complexity index is 405. The summed E-state index contributed by atoms with van der Waals surface area (Å²) in [4.78, 5) is 39.0. The van der Waals surface area contributed by atoms with E-state index in [1.807, 2.05) is 6.92 Å². The van der Waals surface area contributed by atoms with Crippen molar-refractivity contribution in [3.63, 3.8) is 0 Å². The highest BCUT2D eigenvalue weighted by Gasteiger charge is 2.16. The van der Waals surface area contributed by atoms with Gasteiger partial charge in [0.1, 0.15) is 0 Å². The molecular weight excluding hydrogens is 336 g/mol. The van der Waals surface area contributed by atoms with Crippen LogP contribution in [0.15, 0.2) is 0 Å². The van der Waals surface area contributed by atoms with Crippen molar-refractivity contribution >= 4 is 35.5 Å². The number of nitrogens with one attached hydrogen (secondary N) is 1. The Hall–Kier alpha value is -1.58. The minimum absolute atomic E-state index is 0.0595. The number of carbonyl (C=O) groups excluding carboxylic acids is 3. The van der Waals surface area contributed by atoms with Crippen molar-refractivity contribution < 1.29 is 28.7 Å². The number of ether oxygens (including phenoxy) is 2. The van der Waals surface area contributed by atoms with Gasteiger partial charge in [-0.15, -0.1) is 5.06 Å². The molecule has 0 bridgehead atoms. The van der Waals surface area contributed by atoms with E-state index in [2.05, 4.69) is 10.2 Å². The van der Waals surface area contributed by atoms with E-state index in [0.717, 1.165) is 11.4 Å². The van der Waals surface area contributed by atoms with E-state index in [4.69, 9.17) is 21.7 Å². The molecule has 0 spiro atoms. The van der Waals surface area contributed by atoms with E-state index < -0.39 is 11.9 Å². The second-order valence-electron chi connectivity index (χ2n) is 4.72. The van der Waals surface area contributed by atoms with Crippen LogP contribution in [0.1, 0.15) is 39.5 Å². The minimum Gasteiger partial charge on any atom is -0.378 e. The van der Waals surface area contributed by atoms with Crippen molar-refractivity contribution in [3.8, 4) is 0 Å². The van der Waals surface area contributed by atoms with Crippen LogP contribution in [-0.4, -0.2) is 61.3 Å². The SMILES string of the molecule is CCCC(=O)N(C=O)OC(=O)CCOCCOCCNC(=S)CC. The Balaban J connectivity index is 3.59. The third kappa shape index (κ3) is 11.9. The number of amides is 2. The smallest absolute Gasteiger partial charge is 0.335 e. The number of hydrogen-bond acceptors (Lipinski definition) is 7. The highest BCUT2D eigenvalue weighted by atomic mass is 32.1. The van der Waals surface area contributed by atoms with Crippen LogP contribution >= 0.6 is 12.2 Å². The Morgan fingerprint density at radius 2 is 1.75 bits per heavy atom. The Kier molecular flexibility index (Phi) is 14.0. The number of rotatable bonds is 13. The highest BCUT2D eigenvalue weighted by Crippen LogP contribution is 1.98. The summed E-state index contributed by atoms with van der Waals surface area (Å²) in [5.41, 5.74) is 0. The molecule has 1 N–H and O–H groups in total. The molecule has 0 aliphatic heterocycles. The van der Waals surface area contributed by atoms with Crippen molar-refractivity contribution in [3.05, 3.63) is 0 Å². The summed E-state index contributed by atoms with van der Waals surface area (Å²) in [7, 11) is 0.